The summed E-state index contributed by atoms with van der Waals surface area (Å²) < 4.78 is 4.77. The Kier molecular flexibility index (Phi) is 6.74. The number of carbonyl (C=O) groups excluding carboxylic acids is 4. The molecule has 3 rings (SSSR count). The second-order valence-electron chi connectivity index (χ2n) is 7.87. The number of imide groups is 1. The number of hydrogen-bond donors (Lipinski definition) is 1. The molecule has 0 bridgehead atoms. The number of nitrogens with zero attached hydrogens (tertiary/aromatic N) is 2. The van der Waals surface area contributed by atoms with Crippen molar-refractivity contribution in [2.45, 2.75) is 44.6 Å². The summed E-state index contributed by atoms with van der Waals surface area (Å²) in [5.74, 6) is -1.15. The van der Waals surface area contributed by atoms with Crippen LogP contribution >= 0.6 is 0 Å². The van der Waals surface area contributed by atoms with Crippen LogP contribution in [0.3, 0.4) is 0 Å². The van der Waals surface area contributed by atoms with Crippen molar-refractivity contribution in [1.29, 1.82) is 0 Å². The first-order chi connectivity index (χ1) is 14.4. The van der Waals surface area contributed by atoms with Crippen molar-refractivity contribution >= 4 is 23.8 Å². The molecular weight excluding hydrogens is 386 g/mol. The number of hydrogen-bond acceptors (Lipinski definition) is 5. The van der Waals surface area contributed by atoms with Crippen molar-refractivity contribution in [2.24, 2.45) is 5.92 Å². The first kappa shape index (κ1) is 21.8. The van der Waals surface area contributed by atoms with Crippen LogP contribution in [0.15, 0.2) is 30.3 Å². The highest BCUT2D eigenvalue weighted by Crippen LogP contribution is 2.34. The molecular formula is C22H29N3O5. The van der Waals surface area contributed by atoms with Crippen molar-refractivity contribution in [3.8, 4) is 0 Å². The maximum Gasteiger partial charge on any atom is 0.325 e. The van der Waals surface area contributed by atoms with Gasteiger partial charge in [0.1, 0.15) is 12.1 Å². The van der Waals surface area contributed by atoms with E-state index in [-0.39, 0.29) is 30.2 Å². The smallest absolute Gasteiger partial charge is 0.325 e. The summed E-state index contributed by atoms with van der Waals surface area (Å²) >= 11 is 0. The predicted octanol–water partition coefficient (Wildman–Crippen LogP) is 2.04. The Morgan fingerprint density at radius 1 is 1.17 bits per heavy atom. The average Bonchev–Trinajstić information content (AvgIpc) is 3.02. The van der Waals surface area contributed by atoms with E-state index in [1.807, 2.05) is 37.3 Å². The van der Waals surface area contributed by atoms with E-state index in [1.54, 1.807) is 4.90 Å². The largest absolute Gasteiger partial charge is 0.469 e. The van der Waals surface area contributed by atoms with Gasteiger partial charge >= 0.3 is 12.0 Å². The van der Waals surface area contributed by atoms with Gasteiger partial charge < -0.3 is 15.0 Å². The lowest BCUT2D eigenvalue weighted by molar-refractivity contribution is -0.149. The van der Waals surface area contributed by atoms with Gasteiger partial charge in [-0.2, -0.15) is 0 Å². The van der Waals surface area contributed by atoms with Gasteiger partial charge in [-0.25, -0.2) is 4.79 Å². The molecule has 1 aromatic carbocycles. The van der Waals surface area contributed by atoms with Crippen LogP contribution in [-0.4, -0.2) is 60.4 Å². The lowest BCUT2D eigenvalue weighted by Gasteiger charge is -2.31. The minimum Gasteiger partial charge on any atom is -0.469 e. The zero-order valence-corrected chi connectivity index (χ0v) is 17.6. The molecule has 2 aliphatic rings. The van der Waals surface area contributed by atoms with Gasteiger partial charge in [-0.1, -0.05) is 50.1 Å². The minimum atomic E-state index is -1.13. The monoisotopic (exact) mass is 415 g/mol. The number of urea groups is 1. The lowest BCUT2D eigenvalue weighted by Crippen LogP contribution is -2.48. The third-order valence-electron chi connectivity index (χ3n) is 6.02. The summed E-state index contributed by atoms with van der Waals surface area (Å²) in [7, 11) is 1.36. The van der Waals surface area contributed by atoms with E-state index in [0.717, 1.165) is 23.3 Å². The van der Waals surface area contributed by atoms with Crippen LogP contribution in [0, 0.1) is 5.92 Å². The maximum absolute atomic E-state index is 13.4. The summed E-state index contributed by atoms with van der Waals surface area (Å²) in [5.41, 5.74) is -0.405. The van der Waals surface area contributed by atoms with Crippen LogP contribution in [0.5, 0.6) is 0 Å². The highest BCUT2D eigenvalue weighted by atomic mass is 16.5. The second-order valence-corrected chi connectivity index (χ2v) is 7.87. The van der Waals surface area contributed by atoms with Crippen molar-refractivity contribution in [1.82, 2.24) is 15.1 Å². The molecule has 0 radical (unpaired) electrons. The van der Waals surface area contributed by atoms with E-state index in [2.05, 4.69) is 5.32 Å². The topological polar surface area (TPSA) is 96.0 Å². The van der Waals surface area contributed by atoms with Crippen LogP contribution < -0.4 is 5.32 Å². The van der Waals surface area contributed by atoms with Gasteiger partial charge in [-0.3, -0.25) is 19.3 Å². The van der Waals surface area contributed by atoms with E-state index in [9.17, 15) is 19.2 Å². The van der Waals surface area contributed by atoms with Crippen LogP contribution in [0.4, 0.5) is 4.79 Å². The fourth-order valence-electron chi connectivity index (χ4n) is 4.21. The van der Waals surface area contributed by atoms with Crippen LogP contribution in [0.2, 0.25) is 0 Å². The number of unbranched alkanes of at least 4 members (excludes halogenated alkanes) is 1. The summed E-state index contributed by atoms with van der Waals surface area (Å²) in [6.45, 7) is 2.54. The van der Waals surface area contributed by atoms with Crippen molar-refractivity contribution < 1.29 is 23.9 Å². The molecule has 2 heterocycles. The lowest BCUT2D eigenvalue weighted by atomic mass is 9.85. The molecule has 30 heavy (non-hydrogen) atoms. The highest BCUT2D eigenvalue weighted by Gasteiger charge is 2.52. The standard InChI is InChI=1S/C22H29N3O5/c1-3-4-12-22(17-8-6-5-7-9-17)20(28)25(21(29)23-22)15-18(26)24-13-10-16(11-14-24)19(27)30-2/h5-9,16H,3-4,10-15H2,1-2H3,(H,23,29). The van der Waals surface area contributed by atoms with Crippen LogP contribution in [0.25, 0.3) is 0 Å². The van der Waals surface area contributed by atoms with Gasteiger partial charge in [-0.15, -0.1) is 0 Å². The first-order valence-electron chi connectivity index (χ1n) is 10.5. The quantitative estimate of drug-likeness (QED) is 0.543. The van der Waals surface area contributed by atoms with Crippen LogP contribution in [0.1, 0.15) is 44.6 Å². The summed E-state index contributed by atoms with van der Waals surface area (Å²) in [5, 5.41) is 2.86. The summed E-state index contributed by atoms with van der Waals surface area (Å²) in [6, 6.07) is 8.65. The Labute approximate surface area is 176 Å². The molecule has 0 aromatic heterocycles. The molecule has 0 saturated carbocycles. The first-order valence-corrected chi connectivity index (χ1v) is 10.5. The molecule has 4 amide bonds. The average molecular weight is 415 g/mol. The minimum absolute atomic E-state index is 0.212. The number of esters is 1. The fraction of sp³-hybridized carbons (Fsp3) is 0.545. The number of rotatable bonds is 7. The molecule has 2 saturated heterocycles. The number of piperidine rings is 1. The molecule has 1 unspecified atom stereocenters. The number of benzene rings is 1. The molecule has 0 aliphatic carbocycles. The van der Waals surface area contributed by atoms with Gasteiger partial charge in [0.05, 0.1) is 13.0 Å². The van der Waals surface area contributed by atoms with Crippen molar-refractivity contribution in [3.05, 3.63) is 35.9 Å². The third-order valence-corrected chi connectivity index (χ3v) is 6.02. The van der Waals surface area contributed by atoms with Crippen LogP contribution in [-0.2, 0) is 24.7 Å². The van der Waals surface area contributed by atoms with Crippen molar-refractivity contribution in [2.75, 3.05) is 26.7 Å². The zero-order valence-electron chi connectivity index (χ0n) is 17.6. The Bertz CT molecular complexity index is 804. The van der Waals surface area contributed by atoms with Gasteiger partial charge in [0.25, 0.3) is 5.91 Å². The normalized spacial score (nSPS) is 22.2. The fourth-order valence-corrected chi connectivity index (χ4v) is 4.21. The van der Waals surface area contributed by atoms with E-state index in [4.69, 9.17) is 4.74 Å². The van der Waals surface area contributed by atoms with Gasteiger partial charge in [-0.05, 0) is 24.8 Å². The molecule has 1 atom stereocenters. The number of methoxy groups -OCH3 is 1. The molecule has 1 aromatic rings. The number of likely N-dealkylation sites (tertiary alicyclic amines) is 1. The van der Waals surface area contributed by atoms with Gasteiger partial charge in [0.15, 0.2) is 0 Å². The molecule has 2 fully saturated rings. The van der Waals surface area contributed by atoms with Crippen molar-refractivity contribution in [3.63, 3.8) is 0 Å². The third kappa shape index (κ3) is 4.17. The molecule has 0 spiro atoms. The van der Waals surface area contributed by atoms with Gasteiger partial charge in [0, 0.05) is 13.1 Å². The molecule has 162 valence electrons. The molecule has 8 nitrogen and oxygen atoms in total. The predicted molar refractivity (Wildman–Crippen MR) is 109 cm³/mol. The number of amides is 4. The Morgan fingerprint density at radius 2 is 1.83 bits per heavy atom. The van der Waals surface area contributed by atoms with E-state index in [1.165, 1.54) is 7.11 Å². The highest BCUT2D eigenvalue weighted by molar-refractivity contribution is 6.09. The zero-order chi connectivity index (χ0) is 21.7. The summed E-state index contributed by atoms with van der Waals surface area (Å²) in [4.78, 5) is 53.1. The Balaban J connectivity index is 1.71. The molecule has 1 N–H and O–H groups in total. The van der Waals surface area contributed by atoms with E-state index in [0.29, 0.717) is 32.4 Å². The summed E-state index contributed by atoms with van der Waals surface area (Å²) in [6.07, 6.45) is 3.16. The Hall–Kier alpha value is -2.90. The van der Waals surface area contributed by atoms with E-state index >= 15 is 0 Å². The Morgan fingerprint density at radius 3 is 2.43 bits per heavy atom. The van der Waals surface area contributed by atoms with Gasteiger partial charge in [0.2, 0.25) is 5.91 Å². The van der Waals surface area contributed by atoms with E-state index < -0.39 is 11.6 Å². The number of ether oxygens (including phenoxy) is 1. The second kappa shape index (κ2) is 9.28. The molecule has 2 aliphatic heterocycles. The molecule has 8 heteroatoms. The maximum atomic E-state index is 13.4. The SMILES string of the molecule is CCCCC1(c2ccccc2)NC(=O)N(CC(=O)N2CCC(C(=O)OC)CC2)C1=O. The number of nitrogens with one attached hydrogen (secondary N) is 1. The number of carbonyl (C=O) groups is 4.